The van der Waals surface area contributed by atoms with Crippen LogP contribution in [0, 0.1) is 0 Å². The molecule has 0 aromatic heterocycles. The SMILES string of the molecule is COc1ccc(C(=O)CC2c3c(cc4c(c3OC)OCO4)CC[N+]2(C)C)c(OC)c1. The molecule has 0 bridgehead atoms. The average Bonchev–Trinajstić information content (AvgIpc) is 3.21. The van der Waals surface area contributed by atoms with Crippen molar-refractivity contribution in [2.45, 2.75) is 18.9 Å². The molecule has 160 valence electrons. The summed E-state index contributed by atoms with van der Waals surface area (Å²) in [4.78, 5) is 13.4. The summed E-state index contributed by atoms with van der Waals surface area (Å²) >= 11 is 0. The van der Waals surface area contributed by atoms with Gasteiger partial charge in [0.25, 0.3) is 0 Å². The van der Waals surface area contributed by atoms with E-state index in [0.717, 1.165) is 24.1 Å². The van der Waals surface area contributed by atoms with Crippen LogP contribution in [0.4, 0.5) is 0 Å². The lowest BCUT2D eigenvalue weighted by Crippen LogP contribution is -2.48. The second-order valence-corrected chi connectivity index (χ2v) is 8.18. The normalized spacial score (nSPS) is 18.5. The number of hydrogen-bond donors (Lipinski definition) is 0. The molecule has 0 aliphatic carbocycles. The Kier molecular flexibility index (Phi) is 5.24. The summed E-state index contributed by atoms with van der Waals surface area (Å²) in [6.45, 7) is 1.09. The van der Waals surface area contributed by atoms with Crippen LogP contribution in [0.5, 0.6) is 28.7 Å². The maximum absolute atomic E-state index is 13.4. The number of ketones is 1. The van der Waals surface area contributed by atoms with Gasteiger partial charge in [-0.15, -0.1) is 0 Å². The van der Waals surface area contributed by atoms with E-state index in [2.05, 4.69) is 14.1 Å². The molecule has 2 aromatic rings. The van der Waals surface area contributed by atoms with Gasteiger partial charge in [-0.2, -0.15) is 0 Å². The van der Waals surface area contributed by atoms with Crippen molar-refractivity contribution in [1.82, 2.24) is 0 Å². The molecule has 0 saturated carbocycles. The van der Waals surface area contributed by atoms with E-state index in [1.807, 2.05) is 6.07 Å². The Hall–Kier alpha value is -2.93. The number of likely N-dealkylation sites (N-methyl/N-ethyl adjacent to an activating group) is 1. The molecule has 7 heteroatoms. The van der Waals surface area contributed by atoms with E-state index in [4.69, 9.17) is 23.7 Å². The number of hydrogen-bond acceptors (Lipinski definition) is 6. The minimum Gasteiger partial charge on any atom is -0.497 e. The number of methoxy groups -OCH3 is 3. The van der Waals surface area contributed by atoms with Crippen molar-refractivity contribution < 1.29 is 33.0 Å². The van der Waals surface area contributed by atoms with E-state index in [1.54, 1.807) is 39.5 Å². The Balaban J connectivity index is 1.75. The second-order valence-electron chi connectivity index (χ2n) is 8.18. The highest BCUT2D eigenvalue weighted by Crippen LogP contribution is 2.51. The third-order valence-corrected chi connectivity index (χ3v) is 6.17. The van der Waals surface area contributed by atoms with Gasteiger partial charge in [-0.1, -0.05) is 0 Å². The van der Waals surface area contributed by atoms with Gasteiger partial charge in [-0.3, -0.25) is 4.79 Å². The molecule has 1 atom stereocenters. The van der Waals surface area contributed by atoms with E-state index >= 15 is 0 Å². The van der Waals surface area contributed by atoms with Crippen LogP contribution in [-0.2, 0) is 6.42 Å². The number of benzene rings is 2. The molecular formula is C23H28NO6+. The summed E-state index contributed by atoms with van der Waals surface area (Å²) in [7, 11) is 9.08. The number of fused-ring (bicyclic) bond motifs is 2. The first-order chi connectivity index (χ1) is 14.4. The number of carbonyl (C=O) groups excluding carboxylic acids is 1. The molecule has 7 nitrogen and oxygen atoms in total. The highest BCUT2D eigenvalue weighted by Gasteiger charge is 2.42. The third kappa shape index (κ3) is 3.33. The second kappa shape index (κ2) is 7.72. The summed E-state index contributed by atoms with van der Waals surface area (Å²) in [5, 5.41) is 0. The third-order valence-electron chi connectivity index (χ3n) is 6.17. The number of quaternary nitrogens is 1. The summed E-state index contributed by atoms with van der Waals surface area (Å²) < 4.78 is 28.4. The van der Waals surface area contributed by atoms with Gasteiger partial charge in [0.1, 0.15) is 17.5 Å². The van der Waals surface area contributed by atoms with Crippen LogP contribution < -0.4 is 23.7 Å². The Morgan fingerprint density at radius 2 is 1.90 bits per heavy atom. The molecule has 2 aliphatic heterocycles. The smallest absolute Gasteiger partial charge is 0.231 e. The van der Waals surface area contributed by atoms with Gasteiger partial charge < -0.3 is 28.2 Å². The largest absolute Gasteiger partial charge is 0.497 e. The summed E-state index contributed by atoms with van der Waals surface area (Å²) in [5.74, 6) is 3.18. The minimum absolute atomic E-state index is 0.0123. The fraction of sp³-hybridized carbons (Fsp3) is 0.435. The van der Waals surface area contributed by atoms with Crippen LogP contribution in [0.3, 0.4) is 0 Å². The topological polar surface area (TPSA) is 63.2 Å². The van der Waals surface area contributed by atoms with Gasteiger partial charge in [0.05, 0.1) is 59.5 Å². The van der Waals surface area contributed by atoms with Crippen LogP contribution in [0.2, 0.25) is 0 Å². The molecule has 1 unspecified atom stereocenters. The zero-order valence-electron chi connectivity index (χ0n) is 18.1. The molecule has 2 heterocycles. The Morgan fingerprint density at radius 1 is 1.10 bits per heavy atom. The monoisotopic (exact) mass is 414 g/mol. The summed E-state index contributed by atoms with van der Waals surface area (Å²) in [6, 6.07) is 7.23. The van der Waals surface area contributed by atoms with Crippen LogP contribution in [0.1, 0.15) is 33.9 Å². The molecule has 0 saturated heterocycles. The van der Waals surface area contributed by atoms with Crippen LogP contribution in [0.15, 0.2) is 24.3 Å². The Morgan fingerprint density at radius 3 is 2.60 bits per heavy atom. The molecule has 0 fully saturated rings. The number of carbonyl (C=O) groups is 1. The highest BCUT2D eigenvalue weighted by atomic mass is 16.7. The van der Waals surface area contributed by atoms with Gasteiger partial charge in [0.15, 0.2) is 17.3 Å². The van der Waals surface area contributed by atoms with Crippen molar-refractivity contribution in [2.75, 3.05) is 48.8 Å². The molecule has 4 rings (SSSR count). The number of Topliss-reactive ketones (excluding diaryl/α,β-unsaturated/α-hetero) is 1. The molecule has 0 N–H and O–H groups in total. The first kappa shape index (κ1) is 20.3. The van der Waals surface area contributed by atoms with Crippen molar-refractivity contribution in [3.05, 3.63) is 41.0 Å². The van der Waals surface area contributed by atoms with E-state index in [9.17, 15) is 4.79 Å². The molecule has 0 spiro atoms. The summed E-state index contributed by atoms with van der Waals surface area (Å²) in [5.41, 5.74) is 2.72. The van der Waals surface area contributed by atoms with Crippen molar-refractivity contribution in [1.29, 1.82) is 0 Å². The summed E-state index contributed by atoms with van der Waals surface area (Å²) in [6.07, 6.45) is 1.20. The number of nitrogens with zero attached hydrogens (tertiary/aromatic N) is 1. The zero-order valence-corrected chi connectivity index (χ0v) is 18.1. The van der Waals surface area contributed by atoms with Gasteiger partial charge in [0.2, 0.25) is 12.5 Å². The van der Waals surface area contributed by atoms with Crippen LogP contribution in [-0.4, -0.2) is 59.0 Å². The number of rotatable bonds is 6. The van der Waals surface area contributed by atoms with E-state index in [0.29, 0.717) is 45.2 Å². The zero-order chi connectivity index (χ0) is 21.5. The van der Waals surface area contributed by atoms with Gasteiger partial charge >= 0.3 is 0 Å². The van der Waals surface area contributed by atoms with E-state index in [-0.39, 0.29) is 18.6 Å². The standard InChI is InChI=1S/C23H28NO6/c1-24(2)9-8-14-10-20-22(30-13-29-20)23(28-5)21(14)17(24)12-18(25)16-7-6-15(26-3)11-19(16)27-4/h6-7,10-11,17H,8-9,12-13H2,1-5H3/q+1. The van der Waals surface area contributed by atoms with Crippen molar-refractivity contribution in [3.63, 3.8) is 0 Å². The fourth-order valence-corrected chi connectivity index (χ4v) is 4.43. The van der Waals surface area contributed by atoms with Crippen LogP contribution in [0.25, 0.3) is 0 Å². The first-order valence-corrected chi connectivity index (χ1v) is 9.97. The van der Waals surface area contributed by atoms with Crippen molar-refractivity contribution in [3.8, 4) is 28.7 Å². The fourth-order valence-electron chi connectivity index (χ4n) is 4.43. The lowest BCUT2D eigenvalue weighted by atomic mass is 9.85. The predicted octanol–water partition coefficient (Wildman–Crippen LogP) is 3.39. The predicted molar refractivity (Wildman–Crippen MR) is 111 cm³/mol. The van der Waals surface area contributed by atoms with Crippen molar-refractivity contribution >= 4 is 5.78 Å². The highest BCUT2D eigenvalue weighted by molar-refractivity contribution is 5.99. The lowest BCUT2D eigenvalue weighted by molar-refractivity contribution is -0.922. The molecule has 0 radical (unpaired) electrons. The van der Waals surface area contributed by atoms with Gasteiger partial charge in [0, 0.05) is 12.5 Å². The minimum atomic E-state index is -0.0856. The average molecular weight is 414 g/mol. The number of ether oxygens (including phenoxy) is 5. The van der Waals surface area contributed by atoms with Crippen molar-refractivity contribution in [2.24, 2.45) is 0 Å². The van der Waals surface area contributed by atoms with Gasteiger partial charge in [-0.25, -0.2) is 0 Å². The molecule has 2 aliphatic rings. The maximum atomic E-state index is 13.4. The molecule has 0 amide bonds. The Bertz CT molecular complexity index is 984. The van der Waals surface area contributed by atoms with Crippen LogP contribution >= 0.6 is 0 Å². The molecule has 30 heavy (non-hydrogen) atoms. The molecular weight excluding hydrogens is 386 g/mol. The Labute approximate surface area is 176 Å². The van der Waals surface area contributed by atoms with E-state index < -0.39 is 0 Å². The molecule has 2 aromatic carbocycles. The van der Waals surface area contributed by atoms with E-state index in [1.165, 1.54) is 0 Å². The maximum Gasteiger partial charge on any atom is 0.231 e. The van der Waals surface area contributed by atoms with Gasteiger partial charge in [-0.05, 0) is 23.8 Å². The first-order valence-electron chi connectivity index (χ1n) is 9.97. The lowest BCUT2D eigenvalue weighted by Gasteiger charge is -2.43. The quantitative estimate of drug-likeness (QED) is 0.533.